The number of ether oxygens (including phenoxy) is 2. The highest BCUT2D eigenvalue weighted by molar-refractivity contribution is 5.96. The Morgan fingerprint density at radius 1 is 1.26 bits per heavy atom. The number of aromatic nitrogens is 3. The van der Waals surface area contributed by atoms with Crippen LogP contribution >= 0.6 is 0 Å². The zero-order valence-electron chi connectivity index (χ0n) is 16.4. The molecule has 162 valence electrons. The third kappa shape index (κ3) is 3.94. The average Bonchev–Trinajstić information content (AvgIpc) is 3.45. The minimum atomic E-state index is -4.86. The number of pyridine rings is 1. The molecule has 2 aromatic heterocycles. The maximum Gasteiger partial charge on any atom is 0.573 e. The zero-order chi connectivity index (χ0) is 21.8. The van der Waals surface area contributed by atoms with Gasteiger partial charge in [0.2, 0.25) is 0 Å². The molecule has 31 heavy (non-hydrogen) atoms. The number of imidazole rings is 1. The number of carbonyl (C=O) groups is 1. The van der Waals surface area contributed by atoms with Crippen molar-refractivity contribution in [3.63, 3.8) is 0 Å². The Morgan fingerprint density at radius 3 is 2.81 bits per heavy atom. The van der Waals surface area contributed by atoms with Crippen molar-refractivity contribution in [2.45, 2.75) is 25.7 Å². The minimum Gasteiger partial charge on any atom is -0.480 e. The van der Waals surface area contributed by atoms with Gasteiger partial charge in [-0.15, -0.1) is 13.2 Å². The number of carbonyl (C=O) groups excluding carboxylic acids is 1. The molecule has 1 aliphatic carbocycles. The van der Waals surface area contributed by atoms with E-state index in [4.69, 9.17) is 4.74 Å². The summed E-state index contributed by atoms with van der Waals surface area (Å²) in [6, 6.07) is 4.43. The lowest BCUT2D eigenvalue weighted by atomic mass is 10.2. The Kier molecular flexibility index (Phi) is 4.42. The summed E-state index contributed by atoms with van der Waals surface area (Å²) >= 11 is 0. The average molecular weight is 433 g/mol. The van der Waals surface area contributed by atoms with E-state index in [1.54, 1.807) is 25.5 Å². The van der Waals surface area contributed by atoms with E-state index in [9.17, 15) is 18.0 Å². The molecule has 0 bridgehead atoms. The molecule has 0 radical (unpaired) electrons. The summed E-state index contributed by atoms with van der Waals surface area (Å²) in [6.07, 6.45) is 0.460. The van der Waals surface area contributed by atoms with Gasteiger partial charge in [0, 0.05) is 25.7 Å². The van der Waals surface area contributed by atoms with Gasteiger partial charge >= 0.3 is 6.36 Å². The fourth-order valence-electron chi connectivity index (χ4n) is 3.49. The maximum absolute atomic E-state index is 13.0. The molecule has 1 saturated carbocycles. The first-order valence-corrected chi connectivity index (χ1v) is 9.68. The van der Waals surface area contributed by atoms with E-state index in [0.29, 0.717) is 34.2 Å². The molecule has 0 atom stereocenters. The van der Waals surface area contributed by atoms with Gasteiger partial charge in [0.25, 0.3) is 5.91 Å². The highest BCUT2D eigenvalue weighted by Crippen LogP contribution is 2.39. The summed E-state index contributed by atoms with van der Waals surface area (Å²) in [5.41, 5.74) is 1.62. The predicted molar refractivity (Wildman–Crippen MR) is 106 cm³/mol. The number of benzene rings is 1. The van der Waals surface area contributed by atoms with Gasteiger partial charge in [-0.2, -0.15) is 0 Å². The molecule has 0 unspecified atom stereocenters. The fourth-order valence-corrected chi connectivity index (χ4v) is 3.49. The monoisotopic (exact) mass is 433 g/mol. The molecule has 1 aromatic carbocycles. The molecule has 11 heteroatoms. The summed E-state index contributed by atoms with van der Waals surface area (Å²) in [5.74, 6) is 0.622. The molecule has 8 nitrogen and oxygen atoms in total. The van der Waals surface area contributed by atoms with Crippen molar-refractivity contribution >= 4 is 34.1 Å². The fraction of sp³-hybridized carbons (Fsp3) is 0.350. The van der Waals surface area contributed by atoms with Crippen molar-refractivity contribution in [2.24, 2.45) is 5.92 Å². The molecular weight excluding hydrogens is 415 g/mol. The summed E-state index contributed by atoms with van der Waals surface area (Å²) < 4.78 is 50.6. The first-order chi connectivity index (χ1) is 14.8. The van der Waals surface area contributed by atoms with Crippen molar-refractivity contribution in [3.05, 3.63) is 30.7 Å². The summed E-state index contributed by atoms with van der Waals surface area (Å²) in [7, 11) is 1.58. The van der Waals surface area contributed by atoms with Gasteiger partial charge in [-0.05, 0) is 24.8 Å². The highest BCUT2D eigenvalue weighted by atomic mass is 19.4. The Balaban J connectivity index is 1.52. The number of likely N-dealkylation sites (N-methyl/N-ethyl adjacent to an activating group) is 1. The second-order valence-electron chi connectivity index (χ2n) is 7.64. The Bertz CT molecular complexity index is 1170. The van der Waals surface area contributed by atoms with E-state index in [0.717, 1.165) is 19.4 Å². The molecule has 1 aliphatic heterocycles. The molecule has 5 rings (SSSR count). The van der Waals surface area contributed by atoms with Crippen LogP contribution in [0.3, 0.4) is 0 Å². The van der Waals surface area contributed by atoms with E-state index in [1.807, 2.05) is 4.57 Å². The second kappa shape index (κ2) is 7.03. The molecule has 3 aromatic rings. The SMILES string of the molecule is CN1C(=O)COc2cc(Nc3cc4c(cc3OC(F)(F)F)ncn4CC3CC3)cnc21. The van der Waals surface area contributed by atoms with Crippen molar-refractivity contribution in [3.8, 4) is 11.5 Å². The standard InChI is InChI=1S/C20H18F3N5O3/c1-27-18(29)9-30-17-4-12(7-24-19(17)27)26-14-5-15-13(6-16(14)31-20(21,22)23)25-10-28(15)8-11-2-3-11/h4-7,10-11,26H,2-3,8-9H2,1H3. The number of amides is 1. The lowest BCUT2D eigenvalue weighted by Gasteiger charge is -2.25. The van der Waals surface area contributed by atoms with E-state index in [-0.39, 0.29) is 18.2 Å². The normalized spacial score (nSPS) is 16.3. The third-order valence-electron chi connectivity index (χ3n) is 5.25. The van der Waals surface area contributed by atoms with Crippen LogP contribution in [0.4, 0.5) is 30.4 Å². The third-order valence-corrected chi connectivity index (χ3v) is 5.25. The van der Waals surface area contributed by atoms with Crippen LogP contribution in [0.15, 0.2) is 30.7 Å². The van der Waals surface area contributed by atoms with E-state index >= 15 is 0 Å². The molecule has 0 spiro atoms. The van der Waals surface area contributed by atoms with E-state index in [2.05, 4.69) is 20.0 Å². The van der Waals surface area contributed by atoms with Gasteiger partial charge in [0.1, 0.15) is 0 Å². The molecule has 0 saturated heterocycles. The molecule has 3 heterocycles. The number of hydrogen-bond donors (Lipinski definition) is 1. The van der Waals surface area contributed by atoms with Gasteiger partial charge in [-0.25, -0.2) is 9.97 Å². The maximum atomic E-state index is 13.0. The smallest absolute Gasteiger partial charge is 0.480 e. The summed E-state index contributed by atoms with van der Waals surface area (Å²) in [4.78, 5) is 21.5. The van der Waals surface area contributed by atoms with Gasteiger partial charge < -0.3 is 19.4 Å². The molecule has 1 N–H and O–H groups in total. The first-order valence-electron chi connectivity index (χ1n) is 9.68. The van der Waals surface area contributed by atoms with Crippen LogP contribution in [0, 0.1) is 5.92 Å². The van der Waals surface area contributed by atoms with Crippen LogP contribution in [0.2, 0.25) is 0 Å². The van der Waals surface area contributed by atoms with Crippen molar-refractivity contribution in [1.82, 2.24) is 14.5 Å². The van der Waals surface area contributed by atoms with Gasteiger partial charge in [-0.1, -0.05) is 0 Å². The Morgan fingerprint density at radius 2 is 2.06 bits per heavy atom. The van der Waals surface area contributed by atoms with Gasteiger partial charge in [0.05, 0.1) is 34.9 Å². The topological polar surface area (TPSA) is 81.5 Å². The predicted octanol–water partition coefficient (Wildman–Crippen LogP) is 3.84. The van der Waals surface area contributed by atoms with Crippen LogP contribution in [0.1, 0.15) is 12.8 Å². The van der Waals surface area contributed by atoms with Crippen molar-refractivity contribution in [1.29, 1.82) is 0 Å². The Labute approximate surface area is 174 Å². The molecular formula is C20H18F3N5O3. The summed E-state index contributed by atoms with van der Waals surface area (Å²) in [5, 5.41) is 2.94. The first kappa shape index (κ1) is 19.5. The Hall–Kier alpha value is -3.50. The summed E-state index contributed by atoms with van der Waals surface area (Å²) in [6.45, 7) is 0.632. The van der Waals surface area contributed by atoms with Crippen LogP contribution in [-0.4, -0.2) is 40.5 Å². The number of nitrogens with one attached hydrogen (secondary N) is 1. The molecule has 1 amide bonds. The number of hydrogen-bond acceptors (Lipinski definition) is 6. The van der Waals surface area contributed by atoms with Crippen LogP contribution in [0.25, 0.3) is 11.0 Å². The van der Waals surface area contributed by atoms with Gasteiger partial charge in [-0.3, -0.25) is 9.69 Å². The molecule has 2 aliphatic rings. The lowest BCUT2D eigenvalue weighted by Crippen LogP contribution is -2.36. The number of anilines is 3. The van der Waals surface area contributed by atoms with Crippen molar-refractivity contribution in [2.75, 3.05) is 23.9 Å². The quantitative estimate of drug-likeness (QED) is 0.659. The minimum absolute atomic E-state index is 0.115. The lowest BCUT2D eigenvalue weighted by molar-refractivity contribution is -0.274. The van der Waals surface area contributed by atoms with Crippen molar-refractivity contribution < 1.29 is 27.4 Å². The van der Waals surface area contributed by atoms with Crippen LogP contribution in [-0.2, 0) is 11.3 Å². The van der Waals surface area contributed by atoms with E-state index < -0.39 is 12.1 Å². The largest absolute Gasteiger partial charge is 0.573 e. The van der Waals surface area contributed by atoms with Crippen LogP contribution < -0.4 is 19.7 Å². The highest BCUT2D eigenvalue weighted by Gasteiger charge is 2.33. The number of fused-ring (bicyclic) bond motifs is 2. The molecule has 1 fully saturated rings. The number of alkyl halides is 3. The second-order valence-corrected chi connectivity index (χ2v) is 7.64. The number of nitrogens with zero attached hydrogens (tertiary/aromatic N) is 4. The van der Waals surface area contributed by atoms with Crippen LogP contribution in [0.5, 0.6) is 11.5 Å². The zero-order valence-corrected chi connectivity index (χ0v) is 16.4. The van der Waals surface area contributed by atoms with E-state index in [1.165, 1.54) is 17.2 Å². The number of rotatable bonds is 5. The number of halogens is 3. The van der Waals surface area contributed by atoms with Gasteiger partial charge in [0.15, 0.2) is 23.9 Å².